The summed E-state index contributed by atoms with van der Waals surface area (Å²) in [4.78, 5) is 7.09. The summed E-state index contributed by atoms with van der Waals surface area (Å²) in [5.74, 6) is 2.02. The van der Waals surface area contributed by atoms with Crippen LogP contribution in [0.5, 0.6) is 0 Å². The van der Waals surface area contributed by atoms with Crippen LogP contribution in [0.4, 0.5) is 0 Å². The Morgan fingerprint density at radius 1 is 1.29 bits per heavy atom. The largest absolute Gasteiger partial charge is 0.357 e. The second-order valence-corrected chi connectivity index (χ2v) is 10.9. The quantitative estimate of drug-likeness (QED) is 0.391. The van der Waals surface area contributed by atoms with E-state index in [0.717, 1.165) is 25.0 Å². The van der Waals surface area contributed by atoms with Gasteiger partial charge in [0.2, 0.25) is 0 Å². The Morgan fingerprint density at radius 3 is 2.42 bits per heavy atom. The van der Waals surface area contributed by atoms with Crippen LogP contribution in [0.3, 0.4) is 0 Å². The van der Waals surface area contributed by atoms with E-state index < -0.39 is 14.6 Å². The molecule has 7 heteroatoms. The Labute approximate surface area is 164 Å². The Kier molecular flexibility index (Phi) is 6.15. The monoisotopic (exact) mass is 469 g/mol. The van der Waals surface area contributed by atoms with E-state index in [2.05, 4.69) is 17.1 Å². The topological polar surface area (TPSA) is 61.8 Å². The molecule has 0 atom stereocenters. The van der Waals surface area contributed by atoms with Crippen LogP contribution in [-0.2, 0) is 9.84 Å². The van der Waals surface area contributed by atoms with Gasteiger partial charge in [-0.2, -0.15) is 0 Å². The predicted molar refractivity (Wildman–Crippen MR) is 110 cm³/mol. The molecule has 0 aromatic carbocycles. The third kappa shape index (κ3) is 3.86. The molecule has 2 aliphatic carbocycles. The van der Waals surface area contributed by atoms with Crippen LogP contribution >= 0.6 is 24.0 Å². The normalized spacial score (nSPS) is 27.8. The highest BCUT2D eigenvalue weighted by Crippen LogP contribution is 2.57. The molecule has 0 aromatic rings. The van der Waals surface area contributed by atoms with Crippen molar-refractivity contribution in [3.63, 3.8) is 0 Å². The number of hydrogen-bond donors (Lipinski definition) is 1. The van der Waals surface area contributed by atoms with Crippen molar-refractivity contribution in [2.45, 2.75) is 57.6 Å². The zero-order valence-corrected chi connectivity index (χ0v) is 18.3. The summed E-state index contributed by atoms with van der Waals surface area (Å²) in [6, 6.07) is 0. The molecule has 1 aliphatic heterocycles. The molecule has 3 rings (SSSR count). The molecule has 0 radical (unpaired) electrons. The van der Waals surface area contributed by atoms with Gasteiger partial charge in [-0.1, -0.05) is 6.42 Å². The molecule has 0 spiro atoms. The molecular weight excluding hydrogens is 437 g/mol. The van der Waals surface area contributed by atoms with E-state index in [1.807, 2.05) is 13.8 Å². The van der Waals surface area contributed by atoms with Crippen molar-refractivity contribution in [1.29, 1.82) is 0 Å². The molecule has 0 aromatic heterocycles. The Bertz CT molecular complexity index is 581. The van der Waals surface area contributed by atoms with Gasteiger partial charge in [-0.05, 0) is 57.8 Å². The molecule has 1 N–H and O–H groups in total. The van der Waals surface area contributed by atoms with Gasteiger partial charge in [0.25, 0.3) is 0 Å². The van der Waals surface area contributed by atoms with Crippen molar-refractivity contribution >= 4 is 39.8 Å². The molecule has 1 heterocycles. The molecule has 0 unspecified atom stereocenters. The van der Waals surface area contributed by atoms with Gasteiger partial charge in [0.05, 0.1) is 10.5 Å². The lowest BCUT2D eigenvalue weighted by Gasteiger charge is -2.43. The standard InChI is InChI=1S/C17H31N3O2S.HI/c1-4-18-15(19-12-17(8-5-9-17)14-6-7-14)20-10-11-23(21,22)16(2,3)13-20;/h14H,4-13H2,1-3H3,(H,18,19);1H. The predicted octanol–water partition coefficient (Wildman–Crippen LogP) is 2.66. The number of halogens is 1. The van der Waals surface area contributed by atoms with Gasteiger partial charge < -0.3 is 10.2 Å². The number of hydrogen-bond acceptors (Lipinski definition) is 3. The summed E-state index contributed by atoms with van der Waals surface area (Å²) in [7, 11) is -3.01. The fraction of sp³-hybridized carbons (Fsp3) is 0.941. The van der Waals surface area contributed by atoms with Gasteiger partial charge in [-0.15, -0.1) is 24.0 Å². The van der Waals surface area contributed by atoms with E-state index in [1.54, 1.807) is 0 Å². The second kappa shape index (κ2) is 7.29. The highest BCUT2D eigenvalue weighted by molar-refractivity contribution is 14.0. The number of nitrogens with zero attached hydrogens (tertiary/aromatic N) is 2. The third-order valence-corrected chi connectivity index (χ3v) is 8.55. The first-order valence-corrected chi connectivity index (χ1v) is 10.7. The number of aliphatic imine (C=N–C) groups is 1. The lowest BCUT2D eigenvalue weighted by Crippen LogP contribution is -2.57. The molecular formula is C17H32IN3O2S. The van der Waals surface area contributed by atoms with Crippen molar-refractivity contribution in [2.75, 3.05) is 31.9 Å². The Hall–Kier alpha value is -0.0500. The SMILES string of the molecule is CCNC(=NCC1(C2CC2)CCC1)N1CCS(=O)(=O)C(C)(C)C1.I. The van der Waals surface area contributed by atoms with E-state index in [-0.39, 0.29) is 29.7 Å². The van der Waals surface area contributed by atoms with Crippen LogP contribution in [0.2, 0.25) is 0 Å². The number of nitrogens with one attached hydrogen (secondary N) is 1. The molecule has 2 saturated carbocycles. The molecule has 3 fully saturated rings. The fourth-order valence-electron chi connectivity index (χ4n) is 4.00. The molecule has 5 nitrogen and oxygen atoms in total. The first-order valence-electron chi connectivity index (χ1n) is 9.05. The van der Waals surface area contributed by atoms with Gasteiger partial charge >= 0.3 is 0 Å². The Balaban J connectivity index is 0.00000208. The summed E-state index contributed by atoms with van der Waals surface area (Å²) in [5, 5.41) is 3.38. The van der Waals surface area contributed by atoms with Crippen LogP contribution < -0.4 is 5.32 Å². The van der Waals surface area contributed by atoms with Crippen LogP contribution in [0.15, 0.2) is 4.99 Å². The average molecular weight is 469 g/mol. The summed E-state index contributed by atoms with van der Waals surface area (Å²) in [6.45, 7) is 8.53. The summed E-state index contributed by atoms with van der Waals surface area (Å²) >= 11 is 0. The lowest BCUT2D eigenvalue weighted by atomic mass is 9.65. The highest BCUT2D eigenvalue weighted by atomic mass is 127. The van der Waals surface area contributed by atoms with E-state index in [0.29, 0.717) is 18.5 Å². The maximum absolute atomic E-state index is 12.2. The smallest absolute Gasteiger partial charge is 0.194 e. The second-order valence-electron chi connectivity index (χ2n) is 8.16. The molecule has 24 heavy (non-hydrogen) atoms. The van der Waals surface area contributed by atoms with Crippen LogP contribution in [0.25, 0.3) is 0 Å². The zero-order chi connectivity index (χ0) is 16.7. The van der Waals surface area contributed by atoms with Crippen LogP contribution in [-0.4, -0.2) is 56.0 Å². The van der Waals surface area contributed by atoms with Crippen LogP contribution in [0.1, 0.15) is 52.9 Å². The maximum Gasteiger partial charge on any atom is 0.194 e. The van der Waals surface area contributed by atoms with Gasteiger partial charge in [-0.3, -0.25) is 4.99 Å². The fourth-order valence-corrected chi connectivity index (χ4v) is 5.37. The third-order valence-electron chi connectivity index (χ3n) is 6.01. The number of sulfone groups is 1. The Morgan fingerprint density at radius 2 is 1.96 bits per heavy atom. The molecule has 3 aliphatic rings. The first-order chi connectivity index (χ1) is 10.8. The van der Waals surface area contributed by atoms with Crippen molar-refractivity contribution in [3.05, 3.63) is 0 Å². The molecule has 1 saturated heterocycles. The molecule has 140 valence electrons. The van der Waals surface area contributed by atoms with Gasteiger partial charge in [0.15, 0.2) is 15.8 Å². The van der Waals surface area contributed by atoms with Crippen molar-refractivity contribution < 1.29 is 8.42 Å². The minimum atomic E-state index is -3.01. The first kappa shape index (κ1) is 20.3. The molecule has 0 amide bonds. The van der Waals surface area contributed by atoms with Gasteiger partial charge in [0, 0.05) is 26.2 Å². The highest BCUT2D eigenvalue weighted by Gasteiger charge is 2.49. The minimum Gasteiger partial charge on any atom is -0.357 e. The van der Waals surface area contributed by atoms with E-state index in [4.69, 9.17) is 4.99 Å². The van der Waals surface area contributed by atoms with Gasteiger partial charge in [0.1, 0.15) is 0 Å². The summed E-state index contributed by atoms with van der Waals surface area (Å²) < 4.78 is 23.7. The summed E-state index contributed by atoms with van der Waals surface area (Å²) in [5.41, 5.74) is 0.456. The summed E-state index contributed by atoms with van der Waals surface area (Å²) in [6.07, 6.45) is 6.74. The van der Waals surface area contributed by atoms with Crippen molar-refractivity contribution in [2.24, 2.45) is 16.3 Å². The lowest BCUT2D eigenvalue weighted by molar-refractivity contribution is 0.112. The minimum absolute atomic E-state index is 0. The van der Waals surface area contributed by atoms with Gasteiger partial charge in [-0.25, -0.2) is 8.42 Å². The average Bonchev–Trinajstić information content (AvgIpc) is 3.24. The zero-order valence-electron chi connectivity index (χ0n) is 15.2. The van der Waals surface area contributed by atoms with Crippen molar-refractivity contribution in [3.8, 4) is 0 Å². The number of rotatable bonds is 4. The van der Waals surface area contributed by atoms with E-state index in [9.17, 15) is 8.42 Å². The number of guanidine groups is 1. The van der Waals surface area contributed by atoms with Crippen molar-refractivity contribution in [1.82, 2.24) is 10.2 Å². The van der Waals surface area contributed by atoms with Crippen LogP contribution in [0, 0.1) is 11.3 Å². The maximum atomic E-state index is 12.2. The molecule has 0 bridgehead atoms. The van der Waals surface area contributed by atoms with E-state index >= 15 is 0 Å². The van der Waals surface area contributed by atoms with E-state index in [1.165, 1.54) is 32.1 Å².